The van der Waals surface area contributed by atoms with Crippen molar-refractivity contribution in [2.45, 2.75) is 9.52 Å². The second kappa shape index (κ2) is 7.46. The lowest BCUT2D eigenvalue weighted by Gasteiger charge is -2.32. The standard InChI is InChI=1S/C17H11Cl3N2O5S/c18-17(19,20)13(23)11-12(9-5-2-1-3-6-9)21-22(16(11,27)15(25)26)14(24)10-7-4-8-28-10/h1-8,11,27H,(H,25,26). The molecule has 0 saturated carbocycles. The van der Waals surface area contributed by atoms with Crippen molar-refractivity contribution in [1.82, 2.24) is 5.01 Å². The van der Waals surface area contributed by atoms with E-state index in [9.17, 15) is 24.6 Å². The maximum Gasteiger partial charge on any atom is 0.360 e. The summed E-state index contributed by atoms with van der Waals surface area (Å²) in [6.07, 6.45) is 0. The number of carbonyl (C=O) groups excluding carboxylic acids is 2. The van der Waals surface area contributed by atoms with Crippen LogP contribution in [0.25, 0.3) is 0 Å². The molecule has 11 heteroatoms. The number of hydrazone groups is 1. The number of thiophene rings is 1. The van der Waals surface area contributed by atoms with Crippen LogP contribution in [0.5, 0.6) is 0 Å². The van der Waals surface area contributed by atoms with Gasteiger partial charge in [-0.15, -0.1) is 11.3 Å². The van der Waals surface area contributed by atoms with Crippen LogP contribution >= 0.6 is 46.1 Å². The van der Waals surface area contributed by atoms with Gasteiger partial charge in [-0.3, -0.25) is 9.59 Å². The molecule has 0 fully saturated rings. The highest BCUT2D eigenvalue weighted by atomic mass is 35.6. The minimum absolute atomic E-state index is 0.109. The van der Waals surface area contributed by atoms with Crippen molar-refractivity contribution in [1.29, 1.82) is 0 Å². The average Bonchev–Trinajstić information content (AvgIpc) is 3.27. The quantitative estimate of drug-likeness (QED) is 0.681. The Balaban J connectivity index is 2.22. The topological polar surface area (TPSA) is 107 Å². The van der Waals surface area contributed by atoms with Gasteiger partial charge in [0.25, 0.3) is 11.6 Å². The third-order valence-corrected chi connectivity index (χ3v) is 5.47. The molecular formula is C17H11Cl3N2O5S. The fraction of sp³-hybridized carbons (Fsp3) is 0.176. The molecule has 2 N–H and O–H groups in total. The number of carboxylic acid groups (broad SMARTS) is 1. The lowest BCUT2D eigenvalue weighted by Crippen LogP contribution is -2.60. The van der Waals surface area contributed by atoms with E-state index in [0.717, 1.165) is 11.3 Å². The van der Waals surface area contributed by atoms with E-state index in [4.69, 9.17) is 34.8 Å². The van der Waals surface area contributed by atoms with E-state index in [-0.39, 0.29) is 16.2 Å². The molecule has 3 rings (SSSR count). The number of hydrogen-bond donors (Lipinski definition) is 2. The largest absolute Gasteiger partial charge is 0.478 e. The first-order chi connectivity index (χ1) is 13.1. The van der Waals surface area contributed by atoms with Crippen LogP contribution in [0.2, 0.25) is 0 Å². The first kappa shape index (κ1) is 20.8. The summed E-state index contributed by atoms with van der Waals surface area (Å²) >= 11 is 18.1. The number of hydrogen-bond acceptors (Lipinski definition) is 6. The van der Waals surface area contributed by atoms with Gasteiger partial charge in [-0.1, -0.05) is 71.2 Å². The predicted molar refractivity (Wildman–Crippen MR) is 105 cm³/mol. The molecule has 0 bridgehead atoms. The van der Waals surface area contributed by atoms with Gasteiger partial charge in [0.2, 0.25) is 3.79 Å². The maximum atomic E-state index is 12.8. The second-order valence-corrected chi connectivity index (χ2v) is 9.00. The van der Waals surface area contributed by atoms with Crippen LogP contribution in [0.15, 0.2) is 52.9 Å². The number of halogens is 3. The molecule has 0 saturated heterocycles. The molecule has 2 heterocycles. The van der Waals surface area contributed by atoms with Crippen molar-refractivity contribution < 1.29 is 24.6 Å². The molecule has 0 spiro atoms. The zero-order valence-corrected chi connectivity index (χ0v) is 16.8. The van der Waals surface area contributed by atoms with Crippen LogP contribution < -0.4 is 0 Å². The van der Waals surface area contributed by atoms with Crippen LogP contribution in [0, 0.1) is 5.92 Å². The van der Waals surface area contributed by atoms with Crippen molar-refractivity contribution in [3.8, 4) is 0 Å². The zero-order valence-electron chi connectivity index (χ0n) is 13.8. The smallest absolute Gasteiger partial charge is 0.360 e. The van der Waals surface area contributed by atoms with Crippen LogP contribution in [-0.4, -0.2) is 48.1 Å². The molecule has 7 nitrogen and oxygen atoms in total. The molecule has 146 valence electrons. The Hall–Kier alpha value is -1.97. The third kappa shape index (κ3) is 3.42. The minimum atomic E-state index is -3.08. The third-order valence-electron chi connectivity index (χ3n) is 4.06. The summed E-state index contributed by atoms with van der Waals surface area (Å²) in [6, 6.07) is 11.0. The second-order valence-electron chi connectivity index (χ2n) is 5.77. The van der Waals surface area contributed by atoms with Gasteiger partial charge in [0.15, 0.2) is 5.78 Å². The van der Waals surface area contributed by atoms with Crippen molar-refractivity contribution in [3.63, 3.8) is 0 Å². The van der Waals surface area contributed by atoms with Crippen LogP contribution in [-0.2, 0) is 9.59 Å². The highest BCUT2D eigenvalue weighted by Gasteiger charge is 2.64. The molecule has 2 unspecified atom stereocenters. The number of ketones is 1. The Bertz CT molecular complexity index is 959. The molecule has 1 aromatic carbocycles. The first-order valence-corrected chi connectivity index (χ1v) is 9.68. The number of amides is 1. The van der Waals surface area contributed by atoms with Crippen LogP contribution in [0.3, 0.4) is 0 Å². The molecule has 1 aliphatic rings. The van der Waals surface area contributed by atoms with E-state index in [2.05, 4.69) is 5.10 Å². The Labute approximate surface area is 177 Å². The van der Waals surface area contributed by atoms with E-state index in [1.807, 2.05) is 0 Å². The monoisotopic (exact) mass is 460 g/mol. The Morgan fingerprint density at radius 2 is 1.75 bits per heavy atom. The molecule has 1 aliphatic heterocycles. The minimum Gasteiger partial charge on any atom is -0.478 e. The number of carbonyl (C=O) groups is 3. The molecule has 0 radical (unpaired) electrons. The van der Waals surface area contributed by atoms with Gasteiger partial charge in [-0.2, -0.15) is 10.1 Å². The van der Waals surface area contributed by atoms with Gasteiger partial charge >= 0.3 is 5.97 Å². The number of nitrogens with zero attached hydrogens (tertiary/aromatic N) is 2. The number of rotatable bonds is 4. The molecule has 1 aromatic heterocycles. The van der Waals surface area contributed by atoms with E-state index >= 15 is 0 Å². The van der Waals surface area contributed by atoms with E-state index in [0.29, 0.717) is 5.01 Å². The summed E-state index contributed by atoms with van der Waals surface area (Å²) in [4.78, 5) is 37.7. The summed E-state index contributed by atoms with van der Waals surface area (Å²) < 4.78 is -2.55. The Morgan fingerprint density at radius 1 is 1.11 bits per heavy atom. The molecule has 1 amide bonds. The fourth-order valence-corrected chi connectivity index (χ4v) is 3.75. The van der Waals surface area contributed by atoms with Crippen molar-refractivity contribution in [2.24, 2.45) is 11.0 Å². The predicted octanol–water partition coefficient (Wildman–Crippen LogP) is 2.94. The number of benzene rings is 1. The highest BCUT2D eigenvalue weighted by Crippen LogP contribution is 2.42. The van der Waals surface area contributed by atoms with Crippen LogP contribution in [0.1, 0.15) is 15.2 Å². The van der Waals surface area contributed by atoms with Gasteiger partial charge in [0.05, 0.1) is 10.6 Å². The number of alkyl halides is 3. The number of aliphatic carboxylic acids is 1. The molecule has 2 atom stereocenters. The van der Waals surface area contributed by atoms with Gasteiger partial charge in [0.1, 0.15) is 5.92 Å². The summed E-state index contributed by atoms with van der Waals surface area (Å²) in [6.45, 7) is 0. The lowest BCUT2D eigenvalue weighted by atomic mass is 9.85. The van der Waals surface area contributed by atoms with Crippen molar-refractivity contribution in [3.05, 3.63) is 58.3 Å². The number of carboxylic acids is 1. The maximum absolute atomic E-state index is 12.8. The number of aliphatic hydroxyl groups is 1. The van der Waals surface area contributed by atoms with Crippen molar-refractivity contribution >= 4 is 69.5 Å². The van der Waals surface area contributed by atoms with Gasteiger partial charge in [-0.05, 0) is 17.0 Å². The van der Waals surface area contributed by atoms with Crippen LogP contribution in [0.4, 0.5) is 0 Å². The van der Waals surface area contributed by atoms with Crippen molar-refractivity contribution in [2.75, 3.05) is 0 Å². The van der Waals surface area contributed by atoms with Gasteiger partial charge < -0.3 is 10.2 Å². The molecule has 2 aromatic rings. The zero-order chi connectivity index (χ0) is 20.7. The summed E-state index contributed by atoms with van der Waals surface area (Å²) in [5.41, 5.74) is -2.99. The summed E-state index contributed by atoms with van der Waals surface area (Å²) in [5.74, 6) is -5.96. The van der Waals surface area contributed by atoms with E-state index in [1.165, 1.54) is 18.2 Å². The summed E-state index contributed by atoms with van der Waals surface area (Å²) in [5, 5.41) is 26.7. The molecule has 0 aliphatic carbocycles. The Morgan fingerprint density at radius 3 is 2.25 bits per heavy atom. The average molecular weight is 462 g/mol. The number of Topliss-reactive ketones (excluding diaryl/α,β-unsaturated/α-hetero) is 1. The van der Waals surface area contributed by atoms with E-state index in [1.54, 1.807) is 29.6 Å². The first-order valence-electron chi connectivity index (χ1n) is 7.67. The molecule has 28 heavy (non-hydrogen) atoms. The molecular weight excluding hydrogens is 451 g/mol. The highest BCUT2D eigenvalue weighted by molar-refractivity contribution is 7.12. The fourth-order valence-electron chi connectivity index (χ4n) is 2.78. The SMILES string of the molecule is O=C(c1cccs1)N1N=C(c2ccccc2)C(C(=O)C(Cl)(Cl)Cl)C1(O)C(=O)O. The van der Waals surface area contributed by atoms with E-state index < -0.39 is 33.1 Å². The van der Waals surface area contributed by atoms with Gasteiger partial charge in [-0.25, -0.2) is 4.79 Å². The lowest BCUT2D eigenvalue weighted by molar-refractivity contribution is -0.181. The normalized spacial score (nSPS) is 22.1. The van der Waals surface area contributed by atoms with Gasteiger partial charge in [0, 0.05) is 0 Å². The Kier molecular flexibility index (Phi) is 5.53. The summed E-state index contributed by atoms with van der Waals surface area (Å²) in [7, 11) is 0.